The van der Waals surface area contributed by atoms with E-state index >= 15 is 0 Å². The van der Waals surface area contributed by atoms with Crippen molar-refractivity contribution < 1.29 is 0 Å². The number of hydrogen-bond acceptors (Lipinski definition) is 2. The van der Waals surface area contributed by atoms with Crippen molar-refractivity contribution in [1.82, 2.24) is 0 Å². The van der Waals surface area contributed by atoms with Crippen LogP contribution in [0, 0.1) is 6.57 Å². The van der Waals surface area contributed by atoms with Gasteiger partial charge >= 0.3 is 0 Å². The monoisotopic (exact) mass is 124 g/mol. The Morgan fingerprint density at radius 3 is 2.75 bits per heavy atom. The van der Waals surface area contributed by atoms with Gasteiger partial charge in [0.1, 0.15) is 0 Å². The van der Waals surface area contributed by atoms with E-state index < -0.39 is 0 Å². The van der Waals surface area contributed by atoms with Crippen LogP contribution in [0.2, 0.25) is 0 Å². The van der Waals surface area contributed by atoms with E-state index in [9.17, 15) is 0 Å². The molecular weight excluding hydrogens is 120 g/mol. The zero-order valence-corrected chi connectivity index (χ0v) is 4.90. The number of rotatable bonds is 0. The van der Waals surface area contributed by atoms with Crippen molar-refractivity contribution in [2.45, 2.75) is 0 Å². The summed E-state index contributed by atoms with van der Waals surface area (Å²) in [6.45, 7) is 6.54. The Hall–Kier alpha value is -1.01. The highest BCUT2D eigenvalue weighted by molar-refractivity contribution is 7.14. The Morgan fingerprint density at radius 2 is 2.50 bits per heavy atom. The van der Waals surface area contributed by atoms with E-state index in [0.29, 0.717) is 10.7 Å². The van der Waals surface area contributed by atoms with E-state index in [-0.39, 0.29) is 0 Å². The van der Waals surface area contributed by atoms with Gasteiger partial charge in [-0.3, -0.25) is 0 Å². The third-order valence-electron chi connectivity index (χ3n) is 0.716. The minimum atomic E-state index is 0.655. The minimum Gasteiger partial charge on any atom is -0.399 e. The van der Waals surface area contributed by atoms with E-state index in [2.05, 4.69) is 4.85 Å². The predicted molar refractivity (Wildman–Crippen MR) is 35.0 cm³/mol. The van der Waals surface area contributed by atoms with Crippen molar-refractivity contribution in [2.75, 3.05) is 5.73 Å². The van der Waals surface area contributed by atoms with Crippen molar-refractivity contribution >= 4 is 22.0 Å². The second-order valence-corrected chi connectivity index (χ2v) is 2.22. The third-order valence-corrected chi connectivity index (χ3v) is 1.56. The van der Waals surface area contributed by atoms with Gasteiger partial charge in [0.25, 0.3) is 0 Å². The fourth-order valence-electron chi connectivity index (χ4n) is 0.398. The Bertz CT molecular complexity index is 221. The Kier molecular flexibility index (Phi) is 1.18. The van der Waals surface area contributed by atoms with Crippen molar-refractivity contribution in [1.29, 1.82) is 0 Å². The summed E-state index contributed by atoms with van der Waals surface area (Å²) in [7, 11) is 0. The van der Waals surface area contributed by atoms with E-state index in [1.165, 1.54) is 11.3 Å². The molecule has 3 heteroatoms. The van der Waals surface area contributed by atoms with Gasteiger partial charge in [0.05, 0.1) is 6.57 Å². The van der Waals surface area contributed by atoms with Gasteiger partial charge in [-0.2, -0.15) is 11.3 Å². The molecule has 1 heterocycles. The number of thiophene rings is 1. The minimum absolute atomic E-state index is 0.655. The molecule has 1 rings (SSSR count). The van der Waals surface area contributed by atoms with Crippen molar-refractivity contribution in [3.63, 3.8) is 0 Å². The highest BCUT2D eigenvalue weighted by atomic mass is 32.1. The normalized spacial score (nSPS) is 8.38. The Labute approximate surface area is 51.4 Å². The van der Waals surface area contributed by atoms with Gasteiger partial charge in [0, 0.05) is 11.1 Å². The molecule has 0 aliphatic carbocycles. The molecule has 0 aliphatic rings. The first-order valence-electron chi connectivity index (χ1n) is 2.04. The SMILES string of the molecule is [C-]#[N+]c1cc(N)cs1. The van der Waals surface area contributed by atoms with Crippen LogP contribution in [0.5, 0.6) is 0 Å². The summed E-state index contributed by atoms with van der Waals surface area (Å²) in [4.78, 5) is 3.18. The maximum Gasteiger partial charge on any atom is 0.243 e. The van der Waals surface area contributed by atoms with Crippen molar-refractivity contribution in [2.24, 2.45) is 0 Å². The highest BCUT2D eigenvalue weighted by Crippen LogP contribution is 2.24. The molecule has 0 amide bonds. The highest BCUT2D eigenvalue weighted by Gasteiger charge is 1.90. The van der Waals surface area contributed by atoms with Crippen LogP contribution in [0.4, 0.5) is 10.7 Å². The molecule has 0 fully saturated rings. The van der Waals surface area contributed by atoms with Crippen LogP contribution in [0.15, 0.2) is 11.4 Å². The van der Waals surface area contributed by atoms with Crippen LogP contribution in [-0.2, 0) is 0 Å². The smallest absolute Gasteiger partial charge is 0.243 e. The molecule has 0 aromatic carbocycles. The molecule has 0 radical (unpaired) electrons. The number of nitrogens with zero attached hydrogens (tertiary/aromatic N) is 1. The third kappa shape index (κ3) is 0.796. The largest absolute Gasteiger partial charge is 0.399 e. The Morgan fingerprint density at radius 1 is 1.75 bits per heavy atom. The number of nitrogens with two attached hydrogens (primary N) is 1. The second kappa shape index (κ2) is 1.85. The molecule has 0 saturated carbocycles. The topological polar surface area (TPSA) is 30.4 Å². The summed E-state index contributed by atoms with van der Waals surface area (Å²) in [5.41, 5.74) is 6.00. The molecule has 0 atom stereocenters. The summed E-state index contributed by atoms with van der Waals surface area (Å²) in [6.07, 6.45) is 0. The molecular formula is C5H4N2S. The zero-order valence-electron chi connectivity index (χ0n) is 4.09. The summed E-state index contributed by atoms with van der Waals surface area (Å²) < 4.78 is 0. The van der Waals surface area contributed by atoms with Crippen LogP contribution in [0.3, 0.4) is 0 Å². The average Bonchev–Trinajstić information content (AvgIpc) is 2.14. The fourth-order valence-corrected chi connectivity index (χ4v) is 0.979. The molecule has 0 unspecified atom stereocenters. The van der Waals surface area contributed by atoms with Gasteiger partial charge in [-0.25, -0.2) is 4.85 Å². The van der Waals surface area contributed by atoms with E-state index in [4.69, 9.17) is 12.3 Å². The molecule has 2 N–H and O–H groups in total. The second-order valence-electron chi connectivity index (χ2n) is 1.33. The van der Waals surface area contributed by atoms with E-state index in [1.807, 2.05) is 0 Å². The molecule has 0 saturated heterocycles. The number of hydrogen-bond donors (Lipinski definition) is 1. The zero-order chi connectivity index (χ0) is 5.98. The lowest BCUT2D eigenvalue weighted by molar-refractivity contribution is 1.88. The van der Waals surface area contributed by atoms with E-state index in [0.717, 1.165) is 0 Å². The maximum atomic E-state index is 6.54. The first-order valence-corrected chi connectivity index (χ1v) is 2.92. The summed E-state index contributed by atoms with van der Waals surface area (Å²) in [5, 5.41) is 2.41. The molecule has 1 aromatic rings. The van der Waals surface area contributed by atoms with Gasteiger partial charge < -0.3 is 5.73 Å². The lowest BCUT2D eigenvalue weighted by atomic mass is 10.5. The van der Waals surface area contributed by atoms with Crippen molar-refractivity contribution in [3.8, 4) is 0 Å². The van der Waals surface area contributed by atoms with Gasteiger partial charge in [-0.05, 0) is 6.07 Å². The molecule has 8 heavy (non-hydrogen) atoms. The van der Waals surface area contributed by atoms with Gasteiger partial charge in [-0.15, -0.1) is 0 Å². The molecule has 0 aliphatic heterocycles. The predicted octanol–water partition coefficient (Wildman–Crippen LogP) is 1.88. The molecule has 0 spiro atoms. The molecule has 0 bridgehead atoms. The van der Waals surface area contributed by atoms with Crippen molar-refractivity contribution in [3.05, 3.63) is 22.9 Å². The summed E-state index contributed by atoms with van der Waals surface area (Å²) in [6, 6.07) is 1.66. The number of nitrogen functional groups attached to an aromatic ring is 1. The van der Waals surface area contributed by atoms with Gasteiger partial charge in [-0.1, -0.05) is 0 Å². The summed E-state index contributed by atoms with van der Waals surface area (Å²) >= 11 is 1.37. The molecule has 1 aromatic heterocycles. The lowest BCUT2D eigenvalue weighted by Gasteiger charge is -1.71. The standard InChI is InChI=1S/C5H4N2S/c1-7-5-2-4(6)3-8-5/h2-3H,6H2. The average molecular weight is 124 g/mol. The first-order chi connectivity index (χ1) is 3.83. The van der Waals surface area contributed by atoms with Gasteiger partial charge in [0.15, 0.2) is 0 Å². The van der Waals surface area contributed by atoms with Crippen LogP contribution in [0.25, 0.3) is 4.85 Å². The van der Waals surface area contributed by atoms with Crippen LogP contribution in [-0.4, -0.2) is 0 Å². The molecule has 40 valence electrons. The van der Waals surface area contributed by atoms with Crippen LogP contribution < -0.4 is 5.73 Å². The Balaban J connectivity index is 3.05. The first kappa shape index (κ1) is 5.13. The van der Waals surface area contributed by atoms with Crippen LogP contribution in [0.1, 0.15) is 0 Å². The fraction of sp³-hybridized carbons (Fsp3) is 0. The lowest BCUT2D eigenvalue weighted by Crippen LogP contribution is -1.74. The number of anilines is 1. The molecule has 2 nitrogen and oxygen atoms in total. The van der Waals surface area contributed by atoms with Crippen LogP contribution >= 0.6 is 11.3 Å². The maximum absolute atomic E-state index is 6.54. The summed E-state index contributed by atoms with van der Waals surface area (Å²) in [5.74, 6) is 0. The van der Waals surface area contributed by atoms with Gasteiger partial charge in [0.2, 0.25) is 5.00 Å². The van der Waals surface area contributed by atoms with E-state index in [1.54, 1.807) is 11.4 Å². The quantitative estimate of drug-likeness (QED) is 0.526.